The fourth-order valence-corrected chi connectivity index (χ4v) is 2.70. The Balaban J connectivity index is 1.84. The number of nitrogens with one attached hydrogen (secondary N) is 1. The molecule has 0 aliphatic heterocycles. The number of hydrogen-bond acceptors (Lipinski definition) is 6. The van der Waals surface area contributed by atoms with Crippen LogP contribution in [-0.4, -0.2) is 27.7 Å². The van der Waals surface area contributed by atoms with Gasteiger partial charge in [-0.1, -0.05) is 6.42 Å². The topological polar surface area (TPSA) is 101 Å². The van der Waals surface area contributed by atoms with E-state index >= 15 is 0 Å². The van der Waals surface area contributed by atoms with Crippen molar-refractivity contribution in [1.29, 1.82) is 0 Å². The molecule has 7 heteroatoms. The molecule has 1 heterocycles. The predicted molar refractivity (Wildman–Crippen MR) is 72.5 cm³/mol. The number of aliphatic hydroxyl groups excluding tert-OH is 1. The summed E-state index contributed by atoms with van der Waals surface area (Å²) in [7, 11) is 0. The zero-order chi connectivity index (χ0) is 14.1. The Morgan fingerprint density at radius 2 is 2.35 bits per heavy atom. The van der Waals surface area contributed by atoms with E-state index in [1.807, 2.05) is 0 Å². The minimum Gasteiger partial charge on any atom is -0.424 e. The lowest BCUT2D eigenvalue weighted by molar-refractivity contribution is -0.384. The molecule has 2 unspecified atom stereocenters. The van der Waals surface area contributed by atoms with Gasteiger partial charge in [0.1, 0.15) is 5.52 Å². The van der Waals surface area contributed by atoms with E-state index in [1.54, 1.807) is 6.07 Å². The molecule has 0 amide bonds. The highest BCUT2D eigenvalue weighted by Gasteiger charge is 2.27. The lowest BCUT2D eigenvalue weighted by Gasteiger charge is -2.17. The molecule has 7 nitrogen and oxygen atoms in total. The van der Waals surface area contributed by atoms with Crippen molar-refractivity contribution in [1.82, 2.24) is 4.98 Å². The van der Waals surface area contributed by atoms with Crippen molar-refractivity contribution in [3.8, 4) is 0 Å². The third-order valence-electron chi connectivity index (χ3n) is 3.78. The average Bonchev–Trinajstić information content (AvgIpc) is 3.03. The van der Waals surface area contributed by atoms with Crippen molar-refractivity contribution in [2.24, 2.45) is 5.92 Å². The summed E-state index contributed by atoms with van der Waals surface area (Å²) in [5, 5.41) is 23.2. The number of oxazole rings is 1. The summed E-state index contributed by atoms with van der Waals surface area (Å²) in [4.78, 5) is 14.5. The highest BCUT2D eigenvalue weighted by molar-refractivity contribution is 5.77. The van der Waals surface area contributed by atoms with Gasteiger partial charge in [-0.2, -0.15) is 4.98 Å². The van der Waals surface area contributed by atoms with Gasteiger partial charge < -0.3 is 14.8 Å². The van der Waals surface area contributed by atoms with E-state index in [2.05, 4.69) is 10.3 Å². The predicted octanol–water partition coefficient (Wildman–Crippen LogP) is 2.31. The van der Waals surface area contributed by atoms with Crippen LogP contribution in [0.15, 0.2) is 22.6 Å². The first-order valence-electron chi connectivity index (χ1n) is 6.60. The first-order chi connectivity index (χ1) is 9.67. The SMILES string of the molecule is O=[N+]([O-])c1ccc2oc(NC3CCCC3CO)nc2c1. The minimum atomic E-state index is -0.458. The second kappa shape index (κ2) is 5.09. The van der Waals surface area contributed by atoms with Gasteiger partial charge >= 0.3 is 0 Å². The molecule has 2 aromatic rings. The molecule has 1 aliphatic rings. The Kier molecular flexibility index (Phi) is 3.27. The van der Waals surface area contributed by atoms with E-state index in [1.165, 1.54) is 12.1 Å². The smallest absolute Gasteiger partial charge is 0.295 e. The standard InChI is InChI=1S/C13H15N3O4/c17-7-8-2-1-3-10(8)14-13-15-11-6-9(16(18)19)4-5-12(11)20-13/h4-6,8,10,17H,1-3,7H2,(H,14,15). The Morgan fingerprint density at radius 3 is 3.10 bits per heavy atom. The molecule has 2 atom stereocenters. The van der Waals surface area contributed by atoms with Gasteiger partial charge in [-0.3, -0.25) is 10.1 Å². The summed E-state index contributed by atoms with van der Waals surface area (Å²) in [6.45, 7) is 0.142. The maximum Gasteiger partial charge on any atom is 0.295 e. The Labute approximate surface area is 114 Å². The fourth-order valence-electron chi connectivity index (χ4n) is 2.70. The summed E-state index contributed by atoms with van der Waals surface area (Å²) in [5.74, 6) is 0.208. The number of non-ortho nitro benzene ring substituents is 1. The third kappa shape index (κ3) is 2.32. The van der Waals surface area contributed by atoms with Gasteiger partial charge in [0.2, 0.25) is 0 Å². The maximum atomic E-state index is 10.7. The monoisotopic (exact) mass is 277 g/mol. The highest BCUT2D eigenvalue weighted by Crippen LogP contribution is 2.29. The first-order valence-corrected chi connectivity index (χ1v) is 6.60. The van der Waals surface area contributed by atoms with E-state index in [9.17, 15) is 15.2 Å². The van der Waals surface area contributed by atoms with Crippen molar-refractivity contribution in [2.75, 3.05) is 11.9 Å². The summed E-state index contributed by atoms with van der Waals surface area (Å²) in [5.41, 5.74) is 0.961. The zero-order valence-corrected chi connectivity index (χ0v) is 10.8. The molecule has 106 valence electrons. The molecule has 0 radical (unpaired) electrons. The zero-order valence-electron chi connectivity index (χ0n) is 10.8. The Morgan fingerprint density at radius 1 is 1.50 bits per heavy atom. The lowest BCUT2D eigenvalue weighted by atomic mass is 10.1. The number of hydrogen-bond donors (Lipinski definition) is 2. The van der Waals surface area contributed by atoms with Crippen LogP contribution < -0.4 is 5.32 Å². The molecule has 0 spiro atoms. The number of aliphatic hydroxyl groups is 1. The maximum absolute atomic E-state index is 10.7. The molecule has 0 saturated heterocycles. The first kappa shape index (κ1) is 12.9. The summed E-state index contributed by atoms with van der Waals surface area (Å²) in [6.07, 6.45) is 3.01. The Bertz CT molecular complexity index is 640. The number of nitrogens with zero attached hydrogens (tertiary/aromatic N) is 2. The fraction of sp³-hybridized carbons (Fsp3) is 0.462. The largest absolute Gasteiger partial charge is 0.424 e. The van der Waals surface area contributed by atoms with E-state index in [-0.39, 0.29) is 24.3 Å². The highest BCUT2D eigenvalue weighted by atomic mass is 16.6. The molecular formula is C13H15N3O4. The lowest BCUT2D eigenvalue weighted by Crippen LogP contribution is -2.26. The normalized spacial score (nSPS) is 22.2. The van der Waals surface area contributed by atoms with Gasteiger partial charge in [-0.15, -0.1) is 0 Å². The quantitative estimate of drug-likeness (QED) is 0.656. The van der Waals surface area contributed by atoms with Crippen LogP contribution in [0.1, 0.15) is 19.3 Å². The molecule has 1 saturated carbocycles. The van der Waals surface area contributed by atoms with Crippen LogP contribution in [0.3, 0.4) is 0 Å². The number of rotatable bonds is 4. The van der Waals surface area contributed by atoms with Gasteiger partial charge in [-0.25, -0.2) is 0 Å². The van der Waals surface area contributed by atoms with Gasteiger partial charge in [0.25, 0.3) is 11.7 Å². The van der Waals surface area contributed by atoms with Crippen molar-refractivity contribution in [2.45, 2.75) is 25.3 Å². The third-order valence-corrected chi connectivity index (χ3v) is 3.78. The average molecular weight is 277 g/mol. The van der Waals surface area contributed by atoms with Gasteiger partial charge in [0, 0.05) is 30.7 Å². The van der Waals surface area contributed by atoms with Gasteiger partial charge in [-0.05, 0) is 18.9 Å². The van der Waals surface area contributed by atoms with Crippen LogP contribution in [-0.2, 0) is 0 Å². The molecule has 1 aromatic heterocycles. The molecule has 1 aliphatic carbocycles. The summed E-state index contributed by atoms with van der Waals surface area (Å²) < 4.78 is 5.53. The number of nitro groups is 1. The number of fused-ring (bicyclic) bond motifs is 1. The van der Waals surface area contributed by atoms with Crippen LogP contribution in [0, 0.1) is 16.0 Å². The number of nitro benzene ring substituents is 1. The molecule has 1 fully saturated rings. The summed E-state index contributed by atoms with van der Waals surface area (Å²) in [6, 6.07) is 4.82. The van der Waals surface area contributed by atoms with Crippen LogP contribution in [0.5, 0.6) is 0 Å². The van der Waals surface area contributed by atoms with E-state index in [0.29, 0.717) is 17.1 Å². The number of benzene rings is 1. The minimum absolute atomic E-state index is 0.00792. The van der Waals surface area contributed by atoms with Crippen molar-refractivity contribution < 1.29 is 14.4 Å². The van der Waals surface area contributed by atoms with Crippen molar-refractivity contribution in [3.05, 3.63) is 28.3 Å². The molecule has 0 bridgehead atoms. The van der Waals surface area contributed by atoms with Crippen LogP contribution >= 0.6 is 0 Å². The molecule has 2 N–H and O–H groups in total. The van der Waals surface area contributed by atoms with E-state index in [0.717, 1.165) is 19.3 Å². The van der Waals surface area contributed by atoms with Crippen molar-refractivity contribution in [3.63, 3.8) is 0 Å². The summed E-state index contributed by atoms with van der Waals surface area (Å²) >= 11 is 0. The van der Waals surface area contributed by atoms with Crippen LogP contribution in [0.4, 0.5) is 11.7 Å². The number of aromatic nitrogens is 1. The second-order valence-corrected chi connectivity index (χ2v) is 5.05. The van der Waals surface area contributed by atoms with Gasteiger partial charge in [0.15, 0.2) is 5.58 Å². The van der Waals surface area contributed by atoms with E-state index in [4.69, 9.17) is 4.42 Å². The molecule has 1 aromatic carbocycles. The number of anilines is 1. The molecular weight excluding hydrogens is 262 g/mol. The van der Waals surface area contributed by atoms with Crippen LogP contribution in [0.2, 0.25) is 0 Å². The van der Waals surface area contributed by atoms with Crippen molar-refractivity contribution >= 4 is 22.8 Å². The van der Waals surface area contributed by atoms with Crippen LogP contribution in [0.25, 0.3) is 11.1 Å². The van der Waals surface area contributed by atoms with Gasteiger partial charge in [0.05, 0.1) is 4.92 Å². The molecule has 20 heavy (non-hydrogen) atoms. The second-order valence-electron chi connectivity index (χ2n) is 5.05. The Hall–Kier alpha value is -2.15. The molecule has 3 rings (SSSR count). The van der Waals surface area contributed by atoms with E-state index < -0.39 is 4.92 Å².